The highest BCUT2D eigenvalue weighted by Crippen LogP contribution is 2.61. The van der Waals surface area contributed by atoms with E-state index < -0.39 is 0 Å². The zero-order valence-electron chi connectivity index (χ0n) is 8.27. The Hall–Kier alpha value is -0.730. The van der Waals surface area contributed by atoms with Gasteiger partial charge < -0.3 is 4.90 Å². The van der Waals surface area contributed by atoms with Crippen molar-refractivity contribution in [3.05, 3.63) is 10.4 Å². The number of rotatable bonds is 3. The molecular weight excluding hydrogens is 164 g/mol. The maximum atomic E-state index is 8.12. The molecule has 1 saturated carbocycles. The van der Waals surface area contributed by atoms with Gasteiger partial charge in [0.15, 0.2) is 0 Å². The summed E-state index contributed by atoms with van der Waals surface area (Å²) in [6.07, 6.45) is 0. The molecule has 0 radical (unpaired) electrons. The van der Waals surface area contributed by atoms with Crippen LogP contribution in [0.5, 0.6) is 0 Å². The molecule has 0 amide bonds. The van der Waals surface area contributed by atoms with Gasteiger partial charge in [-0.25, -0.2) is 0 Å². The van der Waals surface area contributed by atoms with Crippen molar-refractivity contribution in [1.29, 1.82) is 0 Å². The van der Waals surface area contributed by atoms with Crippen molar-refractivity contribution < 1.29 is 0 Å². The summed E-state index contributed by atoms with van der Waals surface area (Å²) in [5, 5.41) is 3.55. The molecule has 1 aliphatic heterocycles. The minimum atomic E-state index is 0.592. The van der Waals surface area contributed by atoms with Gasteiger partial charge in [-0.2, -0.15) is 0 Å². The van der Waals surface area contributed by atoms with Crippen LogP contribution in [0.3, 0.4) is 0 Å². The van der Waals surface area contributed by atoms with Crippen molar-refractivity contribution in [2.75, 3.05) is 26.2 Å². The minimum absolute atomic E-state index is 0.592. The Bertz CT molecular complexity index is 240. The first-order valence-electron chi connectivity index (χ1n) is 4.89. The summed E-state index contributed by atoms with van der Waals surface area (Å²) in [6.45, 7) is 8.68. The van der Waals surface area contributed by atoms with Gasteiger partial charge in [0.05, 0.1) is 0 Å². The molecule has 0 aromatic carbocycles. The SMILES string of the molecule is CC1(C)C2CN(CCN=[N+]=[N-])CC21. The van der Waals surface area contributed by atoms with E-state index in [2.05, 4.69) is 28.8 Å². The third kappa shape index (κ3) is 1.40. The Morgan fingerprint density at radius 2 is 2.08 bits per heavy atom. The summed E-state index contributed by atoms with van der Waals surface area (Å²) < 4.78 is 0. The highest BCUT2D eigenvalue weighted by molar-refractivity contribution is 5.11. The lowest BCUT2D eigenvalue weighted by Crippen LogP contribution is -2.28. The number of hydrogen-bond acceptors (Lipinski definition) is 2. The normalized spacial score (nSPS) is 35.2. The van der Waals surface area contributed by atoms with Crippen molar-refractivity contribution >= 4 is 0 Å². The van der Waals surface area contributed by atoms with E-state index in [1.54, 1.807) is 0 Å². The molecule has 4 nitrogen and oxygen atoms in total. The quantitative estimate of drug-likeness (QED) is 0.371. The molecule has 2 fully saturated rings. The highest BCUT2D eigenvalue weighted by Gasteiger charge is 2.61. The molecular formula is C9H16N4. The van der Waals surface area contributed by atoms with Crippen LogP contribution in [0.1, 0.15) is 13.8 Å². The van der Waals surface area contributed by atoms with E-state index in [1.165, 1.54) is 13.1 Å². The lowest BCUT2D eigenvalue weighted by Gasteiger charge is -2.20. The Kier molecular flexibility index (Phi) is 1.97. The van der Waals surface area contributed by atoms with Gasteiger partial charge in [0.1, 0.15) is 0 Å². The van der Waals surface area contributed by atoms with Crippen molar-refractivity contribution in [3.63, 3.8) is 0 Å². The van der Waals surface area contributed by atoms with Gasteiger partial charge in [0.2, 0.25) is 0 Å². The van der Waals surface area contributed by atoms with E-state index in [0.29, 0.717) is 12.0 Å². The van der Waals surface area contributed by atoms with E-state index in [-0.39, 0.29) is 0 Å². The summed E-state index contributed by atoms with van der Waals surface area (Å²) in [7, 11) is 0. The Morgan fingerprint density at radius 3 is 2.62 bits per heavy atom. The van der Waals surface area contributed by atoms with Crippen molar-refractivity contribution in [3.8, 4) is 0 Å². The van der Waals surface area contributed by atoms with Crippen LogP contribution < -0.4 is 0 Å². The summed E-state index contributed by atoms with van der Waals surface area (Å²) >= 11 is 0. The molecule has 0 spiro atoms. The molecule has 2 rings (SSSR count). The zero-order chi connectivity index (χ0) is 9.47. The molecule has 0 aromatic rings. The van der Waals surface area contributed by atoms with Crippen LogP contribution in [0, 0.1) is 17.3 Å². The van der Waals surface area contributed by atoms with E-state index in [4.69, 9.17) is 5.53 Å². The topological polar surface area (TPSA) is 52.0 Å². The molecule has 4 heteroatoms. The van der Waals surface area contributed by atoms with E-state index in [9.17, 15) is 0 Å². The predicted molar refractivity (Wildman–Crippen MR) is 51.2 cm³/mol. The van der Waals surface area contributed by atoms with Crippen LogP contribution in [0.4, 0.5) is 0 Å². The predicted octanol–water partition coefficient (Wildman–Crippen LogP) is 1.88. The number of nitrogens with zero attached hydrogens (tertiary/aromatic N) is 4. The monoisotopic (exact) mass is 180 g/mol. The molecule has 1 heterocycles. The molecule has 2 unspecified atom stereocenters. The molecule has 13 heavy (non-hydrogen) atoms. The fourth-order valence-corrected chi connectivity index (χ4v) is 2.63. The maximum Gasteiger partial charge on any atom is 0.0385 e. The van der Waals surface area contributed by atoms with Crippen LogP contribution in [0.25, 0.3) is 10.4 Å². The summed E-state index contributed by atoms with van der Waals surface area (Å²) in [6, 6.07) is 0. The maximum absolute atomic E-state index is 8.12. The summed E-state index contributed by atoms with van der Waals surface area (Å²) in [5.41, 5.74) is 8.72. The van der Waals surface area contributed by atoms with Crippen LogP contribution in [-0.2, 0) is 0 Å². The van der Waals surface area contributed by atoms with Crippen molar-refractivity contribution in [2.45, 2.75) is 13.8 Å². The molecule has 1 aliphatic carbocycles. The van der Waals surface area contributed by atoms with E-state index in [0.717, 1.165) is 18.4 Å². The standard InChI is InChI=1S/C9H16N4/c1-9(2)7-5-13(6-8(7)9)4-3-11-12-10/h7-8H,3-6H2,1-2H3. The molecule has 2 aliphatic rings. The van der Waals surface area contributed by atoms with Gasteiger partial charge >= 0.3 is 0 Å². The second kappa shape index (κ2) is 2.89. The molecule has 72 valence electrons. The summed E-state index contributed by atoms with van der Waals surface area (Å²) in [5.74, 6) is 1.80. The van der Waals surface area contributed by atoms with Gasteiger partial charge in [-0.1, -0.05) is 19.0 Å². The Balaban J connectivity index is 1.75. The fourth-order valence-electron chi connectivity index (χ4n) is 2.63. The van der Waals surface area contributed by atoms with Crippen LogP contribution in [0.2, 0.25) is 0 Å². The van der Waals surface area contributed by atoms with Crippen molar-refractivity contribution in [2.24, 2.45) is 22.4 Å². The minimum Gasteiger partial charge on any atom is -0.303 e. The largest absolute Gasteiger partial charge is 0.303 e. The van der Waals surface area contributed by atoms with Gasteiger partial charge in [-0.15, -0.1) is 0 Å². The third-order valence-corrected chi connectivity index (χ3v) is 3.78. The highest BCUT2D eigenvalue weighted by atomic mass is 15.2. The van der Waals surface area contributed by atoms with Gasteiger partial charge in [0.25, 0.3) is 0 Å². The summed E-state index contributed by atoms with van der Waals surface area (Å²) in [4.78, 5) is 5.17. The van der Waals surface area contributed by atoms with Crippen LogP contribution in [-0.4, -0.2) is 31.1 Å². The fraction of sp³-hybridized carbons (Fsp3) is 1.00. The molecule has 1 saturated heterocycles. The lowest BCUT2D eigenvalue weighted by atomic mass is 10.1. The van der Waals surface area contributed by atoms with Gasteiger partial charge in [-0.05, 0) is 22.8 Å². The van der Waals surface area contributed by atoms with Gasteiger partial charge in [-0.3, -0.25) is 0 Å². The molecule has 0 aromatic heterocycles. The van der Waals surface area contributed by atoms with Gasteiger partial charge in [0, 0.05) is 31.1 Å². The first-order valence-corrected chi connectivity index (χ1v) is 4.89. The first-order chi connectivity index (χ1) is 6.16. The lowest BCUT2D eigenvalue weighted by molar-refractivity contribution is 0.265. The zero-order valence-corrected chi connectivity index (χ0v) is 8.27. The van der Waals surface area contributed by atoms with Crippen LogP contribution in [0.15, 0.2) is 5.11 Å². The molecule has 2 atom stereocenters. The molecule has 0 N–H and O–H groups in total. The average Bonchev–Trinajstić information content (AvgIpc) is 2.53. The number of piperidine rings is 1. The van der Waals surface area contributed by atoms with Crippen LogP contribution >= 0.6 is 0 Å². The number of hydrogen-bond donors (Lipinski definition) is 0. The number of likely N-dealkylation sites (tertiary alicyclic amines) is 1. The van der Waals surface area contributed by atoms with Crippen molar-refractivity contribution in [1.82, 2.24) is 4.90 Å². The Labute approximate surface area is 78.5 Å². The van der Waals surface area contributed by atoms with E-state index in [1.807, 2.05) is 0 Å². The number of fused-ring (bicyclic) bond motifs is 1. The number of azide groups is 1. The molecule has 0 bridgehead atoms. The second-order valence-electron chi connectivity index (χ2n) is 4.75. The average molecular weight is 180 g/mol. The van der Waals surface area contributed by atoms with E-state index >= 15 is 0 Å². The smallest absolute Gasteiger partial charge is 0.0385 e. The second-order valence-corrected chi connectivity index (χ2v) is 4.75. The Morgan fingerprint density at radius 1 is 1.46 bits per heavy atom. The third-order valence-electron chi connectivity index (χ3n) is 3.78. The first kappa shape index (κ1) is 8.85.